The molecule has 70 heavy (non-hydrogen) atoms. The van der Waals surface area contributed by atoms with E-state index < -0.39 is 24.2 Å². The number of carbonyl (C=O) groups excluding carboxylic acids is 1. The number of aryl methyl sites for hydroxylation is 2. The van der Waals surface area contributed by atoms with Crippen molar-refractivity contribution in [1.29, 1.82) is 0 Å². The molecule has 360 valence electrons. The standard InChI is InChI=1S/C59H61N3O8/c1-35-16-21-46-51-34-70-55-27-37(18-23-54(55)68-3)17-20-43(63)31-44-29-41-30-52(64)40(28-39(41)14-8-7-10-36-11-9-15-42(26-36)62-59(60)61-2)19-22-45(38-12-5-4-6-13-38)47(24-25-69-44)57-50(32-49(51)58(66)67)56(46)48(35)33-53(57)65/h4-6,9,11-13,15-16,18-19,21-23,26-28,30,32-33,35,39,41,44-45,47,58,64-67H,7-8,10,14,17,20,29,31,34H2,1-3H3,(H3,60,61,62)/b22-19+/t35-,39-,41+,44+,45-,47+/m1/s1. The number of phenols is 1. The van der Waals surface area contributed by atoms with Gasteiger partial charge >= 0.3 is 0 Å². The second-order valence-electron chi connectivity index (χ2n) is 18.9. The Morgan fingerprint density at radius 2 is 1.81 bits per heavy atom. The molecule has 0 amide bonds. The first-order chi connectivity index (χ1) is 34.0. The minimum absolute atomic E-state index is 0.0000221. The summed E-state index contributed by atoms with van der Waals surface area (Å²) < 4.78 is 18.8. The quantitative estimate of drug-likeness (QED) is 0.0274. The van der Waals surface area contributed by atoms with E-state index in [1.807, 2.05) is 91.0 Å². The fraction of sp³-hybridized carbons (Fsp3) is 0.322. The van der Waals surface area contributed by atoms with Crippen molar-refractivity contribution < 1.29 is 39.4 Å². The van der Waals surface area contributed by atoms with Crippen molar-refractivity contribution in [2.24, 2.45) is 22.6 Å². The zero-order valence-corrected chi connectivity index (χ0v) is 39.9. The van der Waals surface area contributed by atoms with Crippen molar-refractivity contribution in [3.8, 4) is 29.3 Å². The van der Waals surface area contributed by atoms with Crippen LogP contribution in [-0.2, 0) is 29.0 Å². The molecule has 11 heteroatoms. The lowest BCUT2D eigenvalue weighted by Crippen LogP contribution is -2.25. The molecule has 5 aromatic rings. The number of nitrogens with zero attached hydrogens (tertiary/aromatic N) is 1. The molecule has 0 saturated heterocycles. The minimum Gasteiger partial charge on any atom is -0.508 e. The first-order valence-corrected chi connectivity index (χ1v) is 24.3. The number of ether oxygens (including phenoxy) is 3. The molecule has 10 bridgehead atoms. The number of hydrogen-bond acceptors (Lipinski definition) is 9. The van der Waals surface area contributed by atoms with Gasteiger partial charge in [-0.1, -0.05) is 98.2 Å². The SMILES string of the molecule is CN=C(N)Nc1cccc(CCCC[C@@H]2C=C3/C=C/[C@H](c4ccccc4)[C@@H]4C#CO[C@H](CC(=O)CCc5ccc(OC)c(c5)OCc5c(C(O)O)cc6c4c(O)cc4c6c5C=C[C@H]4C)C[C@H]2C=C3O)c1. The molecule has 4 aliphatic heterocycles. The van der Waals surface area contributed by atoms with Gasteiger partial charge in [0.05, 0.1) is 13.0 Å². The van der Waals surface area contributed by atoms with E-state index in [9.17, 15) is 25.2 Å². The number of rotatable bonds is 9. The van der Waals surface area contributed by atoms with Crippen molar-refractivity contribution in [1.82, 2.24) is 0 Å². The highest BCUT2D eigenvalue weighted by atomic mass is 16.5. The number of hydrogen-bond donors (Lipinski definition) is 6. The van der Waals surface area contributed by atoms with Crippen LogP contribution >= 0.6 is 0 Å². The number of carbonyl (C=O) groups is 1. The fourth-order valence-corrected chi connectivity index (χ4v) is 10.7. The van der Waals surface area contributed by atoms with E-state index in [1.165, 1.54) is 5.56 Å². The lowest BCUT2D eigenvalue weighted by Gasteiger charge is -2.29. The van der Waals surface area contributed by atoms with Crippen molar-refractivity contribution >= 4 is 34.3 Å². The number of aliphatic hydroxyl groups is 3. The largest absolute Gasteiger partial charge is 0.508 e. The molecule has 0 saturated carbocycles. The van der Waals surface area contributed by atoms with Crippen molar-refractivity contribution in [3.63, 3.8) is 0 Å². The number of benzene rings is 5. The number of anilines is 1. The number of ketones is 1. The highest BCUT2D eigenvalue weighted by molar-refractivity contribution is 6.01. The number of aliphatic hydroxyl groups excluding tert-OH is 2. The summed E-state index contributed by atoms with van der Waals surface area (Å²) in [6.45, 7) is 2.04. The van der Waals surface area contributed by atoms with E-state index in [-0.39, 0.29) is 60.1 Å². The summed E-state index contributed by atoms with van der Waals surface area (Å²) >= 11 is 0. The zero-order chi connectivity index (χ0) is 48.9. The number of aliphatic imine (C=N–C) groups is 1. The Labute approximate surface area is 409 Å². The molecule has 6 aliphatic rings. The molecule has 11 rings (SSSR count). The average Bonchev–Trinajstić information content (AvgIpc) is 3.37. The molecular weight excluding hydrogens is 879 g/mol. The Bertz CT molecular complexity index is 2990. The number of nitrogens with one attached hydrogen (secondary N) is 1. The molecule has 4 heterocycles. The van der Waals surface area contributed by atoms with Crippen LogP contribution < -0.4 is 20.5 Å². The van der Waals surface area contributed by atoms with E-state index in [2.05, 4.69) is 47.5 Å². The van der Waals surface area contributed by atoms with Gasteiger partial charge in [0.1, 0.15) is 36.1 Å². The summed E-state index contributed by atoms with van der Waals surface area (Å²) in [5.74, 6) is 3.43. The summed E-state index contributed by atoms with van der Waals surface area (Å²) in [6, 6.07) is 27.2. The van der Waals surface area contributed by atoms with Gasteiger partial charge in [-0.05, 0) is 125 Å². The normalized spacial score (nSPS) is 22.6. The smallest absolute Gasteiger partial charge is 0.192 e. The molecule has 0 radical (unpaired) electrons. The summed E-state index contributed by atoms with van der Waals surface area (Å²) in [5.41, 5.74) is 13.4. The molecule has 0 spiro atoms. The van der Waals surface area contributed by atoms with Gasteiger partial charge in [-0.3, -0.25) is 9.79 Å². The van der Waals surface area contributed by atoms with Crippen LogP contribution in [-0.4, -0.2) is 52.4 Å². The van der Waals surface area contributed by atoms with E-state index in [0.717, 1.165) is 59.0 Å². The molecule has 0 fully saturated rings. The molecule has 6 atom stereocenters. The van der Waals surface area contributed by atoms with E-state index in [0.29, 0.717) is 52.4 Å². The van der Waals surface area contributed by atoms with Crippen LogP contribution in [0.15, 0.2) is 132 Å². The Balaban J connectivity index is 1.18. The summed E-state index contributed by atoms with van der Waals surface area (Å²) in [5, 5.41) is 51.2. The monoisotopic (exact) mass is 939 g/mol. The second-order valence-corrected chi connectivity index (χ2v) is 18.9. The average molecular weight is 940 g/mol. The number of phenolic OH excluding ortho intramolecular Hbond substituents is 1. The Kier molecular flexibility index (Phi) is 14.5. The molecular formula is C59H61N3O8. The molecule has 7 N–H and O–H groups in total. The van der Waals surface area contributed by atoms with Crippen LogP contribution in [0.2, 0.25) is 0 Å². The Morgan fingerprint density at radius 1 is 0.971 bits per heavy atom. The third-order valence-electron chi connectivity index (χ3n) is 14.3. The van der Waals surface area contributed by atoms with E-state index >= 15 is 0 Å². The summed E-state index contributed by atoms with van der Waals surface area (Å²) in [7, 11) is 3.21. The molecule has 0 unspecified atom stereocenters. The van der Waals surface area contributed by atoms with Crippen LogP contribution in [0.25, 0.3) is 16.8 Å². The van der Waals surface area contributed by atoms with Crippen molar-refractivity contribution in [2.75, 3.05) is 19.5 Å². The van der Waals surface area contributed by atoms with Crippen LogP contribution in [0.4, 0.5) is 5.69 Å². The van der Waals surface area contributed by atoms with Gasteiger partial charge in [0.2, 0.25) is 0 Å². The second kappa shape index (κ2) is 21.2. The zero-order valence-electron chi connectivity index (χ0n) is 39.9. The van der Waals surface area contributed by atoms with Crippen molar-refractivity contribution in [3.05, 3.63) is 171 Å². The van der Waals surface area contributed by atoms with Gasteiger partial charge in [-0.15, -0.1) is 0 Å². The highest BCUT2D eigenvalue weighted by Gasteiger charge is 2.34. The molecule has 5 aromatic carbocycles. The number of nitrogens with two attached hydrogens (primary N) is 1. The maximum atomic E-state index is 14.1. The summed E-state index contributed by atoms with van der Waals surface area (Å²) in [4.78, 5) is 18.1. The maximum absolute atomic E-state index is 14.1. The first kappa shape index (κ1) is 47.8. The maximum Gasteiger partial charge on any atom is 0.192 e. The van der Waals surface area contributed by atoms with Gasteiger partial charge in [0.15, 0.2) is 23.7 Å². The molecule has 2 aliphatic carbocycles. The lowest BCUT2D eigenvalue weighted by molar-refractivity contribution is -0.121. The fourth-order valence-electron chi connectivity index (χ4n) is 10.7. The van der Waals surface area contributed by atoms with E-state index in [4.69, 9.17) is 19.9 Å². The molecule has 11 nitrogen and oxygen atoms in total. The van der Waals surface area contributed by atoms with Gasteiger partial charge in [0.25, 0.3) is 0 Å². The van der Waals surface area contributed by atoms with Crippen LogP contribution in [0.5, 0.6) is 17.2 Å². The third-order valence-corrected chi connectivity index (χ3v) is 14.3. The predicted octanol–water partition coefficient (Wildman–Crippen LogP) is 10.7. The lowest BCUT2D eigenvalue weighted by atomic mass is 9.75. The van der Waals surface area contributed by atoms with Crippen LogP contribution in [0.1, 0.15) is 114 Å². The van der Waals surface area contributed by atoms with Gasteiger partial charge in [-0.2, -0.15) is 0 Å². The van der Waals surface area contributed by atoms with E-state index in [1.54, 1.807) is 26.3 Å². The van der Waals surface area contributed by atoms with Gasteiger partial charge in [-0.25, -0.2) is 0 Å². The number of unbranched alkanes of at least 4 members (excludes halogenated alkanes) is 1. The van der Waals surface area contributed by atoms with Crippen LogP contribution in [0, 0.1) is 23.9 Å². The van der Waals surface area contributed by atoms with Gasteiger partial charge in [0, 0.05) is 59.7 Å². The number of fused-ring (bicyclic) bond motifs is 7. The topological polar surface area (TPSA) is 176 Å². The summed E-state index contributed by atoms with van der Waals surface area (Å²) in [6.07, 6.45) is 17.4. The number of Topliss-reactive ketones (excluding diaryl/α,β-unsaturated/α-hetero) is 1. The predicted molar refractivity (Wildman–Crippen MR) is 275 cm³/mol. The van der Waals surface area contributed by atoms with Crippen molar-refractivity contribution in [2.45, 2.75) is 95.0 Å². The van der Waals surface area contributed by atoms with Crippen LogP contribution in [0.3, 0.4) is 0 Å². The Morgan fingerprint density at radius 3 is 2.61 bits per heavy atom. The molecule has 0 aromatic heterocycles. The number of methoxy groups -OCH3 is 1. The minimum atomic E-state index is -1.89. The highest BCUT2D eigenvalue weighted by Crippen LogP contribution is 2.49. The Hall–Kier alpha value is -7.26. The van der Waals surface area contributed by atoms with Gasteiger partial charge < -0.3 is 45.7 Å². The third kappa shape index (κ3) is 10.3. The first-order valence-electron chi connectivity index (χ1n) is 24.3. The number of allylic oxidation sites excluding steroid dienone is 5. The number of guanidine groups is 1. The number of aromatic hydroxyl groups is 1.